The molecule has 0 aliphatic carbocycles. The summed E-state index contributed by atoms with van der Waals surface area (Å²) >= 11 is 0. The second-order valence-corrected chi connectivity index (χ2v) is 3.71. The van der Waals surface area contributed by atoms with Crippen molar-refractivity contribution < 1.29 is 0 Å². The van der Waals surface area contributed by atoms with Gasteiger partial charge in [-0.25, -0.2) is 4.68 Å². The lowest BCUT2D eigenvalue weighted by Crippen LogP contribution is -2.04. The molecule has 0 bridgehead atoms. The Bertz CT molecular complexity index is 473. The predicted molar refractivity (Wildman–Crippen MR) is 59.5 cm³/mol. The fourth-order valence-corrected chi connectivity index (χ4v) is 1.51. The number of aromatic nitrogens is 3. The summed E-state index contributed by atoms with van der Waals surface area (Å²) in [5.74, 6) is 0.502. The minimum Gasteiger partial charge on any atom is -0.381 e. The molecule has 1 aromatic carbocycles. The minimum absolute atomic E-state index is 0.502. The van der Waals surface area contributed by atoms with Gasteiger partial charge >= 0.3 is 0 Å². The second kappa shape index (κ2) is 3.73. The van der Waals surface area contributed by atoms with E-state index in [2.05, 4.69) is 35.4 Å². The van der Waals surface area contributed by atoms with Crippen LogP contribution in [0.4, 0.5) is 5.82 Å². The van der Waals surface area contributed by atoms with Crippen LogP contribution >= 0.6 is 0 Å². The van der Waals surface area contributed by atoms with Gasteiger partial charge in [-0.1, -0.05) is 35.0 Å². The number of benzene rings is 1. The van der Waals surface area contributed by atoms with E-state index in [0.717, 1.165) is 12.2 Å². The van der Waals surface area contributed by atoms with Crippen LogP contribution in [0, 0.1) is 13.8 Å². The van der Waals surface area contributed by atoms with Gasteiger partial charge in [0.25, 0.3) is 0 Å². The summed E-state index contributed by atoms with van der Waals surface area (Å²) in [6.07, 6.45) is 0. The average Bonchev–Trinajstić information content (AvgIpc) is 2.50. The van der Waals surface area contributed by atoms with Crippen molar-refractivity contribution >= 4 is 5.82 Å². The second-order valence-electron chi connectivity index (χ2n) is 3.71. The number of hydrogen-bond acceptors (Lipinski definition) is 3. The lowest BCUT2D eigenvalue weighted by Gasteiger charge is -2.04. The summed E-state index contributed by atoms with van der Waals surface area (Å²) < 4.78 is 1.81. The monoisotopic (exact) mass is 202 g/mol. The molecule has 4 nitrogen and oxygen atoms in total. The Kier molecular flexibility index (Phi) is 2.41. The van der Waals surface area contributed by atoms with Gasteiger partial charge in [-0.2, -0.15) is 0 Å². The third-order valence-corrected chi connectivity index (χ3v) is 2.43. The standard InChI is InChI=1S/C11H14N4/c1-8-4-3-5-10(6-8)7-15-9(2)11(12)13-14-15/h3-6H,7,12H2,1-2H3. The number of rotatable bonds is 2. The average molecular weight is 202 g/mol. The molecule has 0 unspecified atom stereocenters. The molecule has 0 aliphatic rings. The zero-order valence-corrected chi connectivity index (χ0v) is 8.94. The van der Waals surface area contributed by atoms with Crippen LogP contribution in [0.15, 0.2) is 24.3 Å². The Hall–Kier alpha value is -1.84. The minimum atomic E-state index is 0.502. The van der Waals surface area contributed by atoms with Gasteiger partial charge in [0.2, 0.25) is 0 Å². The number of nitrogens with two attached hydrogens (primary N) is 1. The van der Waals surface area contributed by atoms with Gasteiger partial charge in [-0.05, 0) is 19.4 Å². The molecular formula is C11H14N4. The highest BCUT2D eigenvalue weighted by Gasteiger charge is 2.04. The Morgan fingerprint density at radius 1 is 1.33 bits per heavy atom. The first-order valence-corrected chi connectivity index (χ1v) is 4.88. The van der Waals surface area contributed by atoms with E-state index in [4.69, 9.17) is 5.73 Å². The van der Waals surface area contributed by atoms with Crippen LogP contribution in [0.5, 0.6) is 0 Å². The first-order chi connectivity index (χ1) is 7.16. The lowest BCUT2D eigenvalue weighted by atomic mass is 10.1. The highest BCUT2D eigenvalue weighted by molar-refractivity contribution is 5.32. The fraction of sp³-hybridized carbons (Fsp3) is 0.273. The van der Waals surface area contributed by atoms with Crippen LogP contribution in [0.25, 0.3) is 0 Å². The van der Waals surface area contributed by atoms with Crippen molar-refractivity contribution in [2.75, 3.05) is 5.73 Å². The lowest BCUT2D eigenvalue weighted by molar-refractivity contribution is 0.633. The summed E-state index contributed by atoms with van der Waals surface area (Å²) in [6.45, 7) is 4.72. The molecule has 2 aromatic rings. The highest BCUT2D eigenvalue weighted by atomic mass is 15.4. The number of hydrogen-bond donors (Lipinski definition) is 1. The van der Waals surface area contributed by atoms with Crippen LogP contribution in [-0.4, -0.2) is 15.0 Å². The molecule has 2 N–H and O–H groups in total. The van der Waals surface area contributed by atoms with Gasteiger partial charge in [0.1, 0.15) is 0 Å². The molecule has 1 aromatic heterocycles. The van der Waals surface area contributed by atoms with Gasteiger partial charge in [0, 0.05) is 0 Å². The number of nitrogen functional groups attached to an aromatic ring is 1. The van der Waals surface area contributed by atoms with E-state index < -0.39 is 0 Å². The van der Waals surface area contributed by atoms with Gasteiger partial charge in [-0.15, -0.1) is 5.10 Å². The van der Waals surface area contributed by atoms with Gasteiger partial charge in [-0.3, -0.25) is 0 Å². The van der Waals surface area contributed by atoms with Crippen molar-refractivity contribution in [3.63, 3.8) is 0 Å². The van der Waals surface area contributed by atoms with E-state index in [0.29, 0.717) is 5.82 Å². The third-order valence-electron chi connectivity index (χ3n) is 2.43. The largest absolute Gasteiger partial charge is 0.381 e. The maximum absolute atomic E-state index is 5.63. The molecule has 0 amide bonds. The van der Waals surface area contributed by atoms with Gasteiger partial charge in [0.15, 0.2) is 5.82 Å². The number of anilines is 1. The van der Waals surface area contributed by atoms with Crippen LogP contribution in [0.1, 0.15) is 16.8 Å². The Labute approximate surface area is 88.7 Å². The molecule has 15 heavy (non-hydrogen) atoms. The molecule has 0 spiro atoms. The van der Waals surface area contributed by atoms with Crippen molar-refractivity contribution in [1.82, 2.24) is 15.0 Å². The van der Waals surface area contributed by atoms with Gasteiger partial charge in [0.05, 0.1) is 12.2 Å². The Balaban J connectivity index is 2.26. The molecule has 0 fully saturated rings. The predicted octanol–water partition coefficient (Wildman–Crippen LogP) is 1.53. The van der Waals surface area contributed by atoms with Crippen LogP contribution < -0.4 is 5.73 Å². The van der Waals surface area contributed by atoms with Crippen molar-refractivity contribution in [3.8, 4) is 0 Å². The maximum Gasteiger partial charge on any atom is 0.168 e. The smallest absolute Gasteiger partial charge is 0.168 e. The van der Waals surface area contributed by atoms with Crippen LogP contribution in [0.3, 0.4) is 0 Å². The third kappa shape index (κ3) is 1.98. The van der Waals surface area contributed by atoms with E-state index in [9.17, 15) is 0 Å². The molecule has 2 rings (SSSR count). The summed E-state index contributed by atoms with van der Waals surface area (Å²) in [6, 6.07) is 8.33. The van der Waals surface area contributed by atoms with Crippen molar-refractivity contribution in [3.05, 3.63) is 41.1 Å². The summed E-state index contributed by atoms with van der Waals surface area (Å²) in [5, 5.41) is 7.81. The van der Waals surface area contributed by atoms with Crippen molar-refractivity contribution in [2.24, 2.45) is 0 Å². The molecule has 0 saturated carbocycles. The van der Waals surface area contributed by atoms with Crippen LogP contribution in [0.2, 0.25) is 0 Å². The first-order valence-electron chi connectivity index (χ1n) is 4.88. The first kappa shape index (κ1) is 9.71. The normalized spacial score (nSPS) is 10.5. The topological polar surface area (TPSA) is 56.7 Å². The summed E-state index contributed by atoms with van der Waals surface area (Å²) in [7, 11) is 0. The van der Waals surface area contributed by atoms with Crippen molar-refractivity contribution in [1.29, 1.82) is 0 Å². The molecule has 0 radical (unpaired) electrons. The van der Waals surface area contributed by atoms with E-state index in [1.165, 1.54) is 11.1 Å². The molecule has 0 saturated heterocycles. The molecule has 78 valence electrons. The van der Waals surface area contributed by atoms with Gasteiger partial charge < -0.3 is 5.73 Å². The van der Waals surface area contributed by atoms with E-state index in [1.54, 1.807) is 0 Å². The van der Waals surface area contributed by atoms with E-state index >= 15 is 0 Å². The van der Waals surface area contributed by atoms with E-state index in [1.807, 2.05) is 17.7 Å². The zero-order valence-electron chi connectivity index (χ0n) is 8.94. The highest BCUT2D eigenvalue weighted by Crippen LogP contribution is 2.09. The zero-order chi connectivity index (χ0) is 10.8. The Morgan fingerprint density at radius 2 is 2.13 bits per heavy atom. The molecular weight excluding hydrogens is 188 g/mol. The Morgan fingerprint density at radius 3 is 2.73 bits per heavy atom. The SMILES string of the molecule is Cc1cccc(Cn2nnc(N)c2C)c1. The summed E-state index contributed by atoms with van der Waals surface area (Å²) in [4.78, 5) is 0. The fourth-order valence-electron chi connectivity index (χ4n) is 1.51. The molecule has 0 aliphatic heterocycles. The summed E-state index contributed by atoms with van der Waals surface area (Å²) in [5.41, 5.74) is 9.00. The van der Waals surface area contributed by atoms with E-state index in [-0.39, 0.29) is 0 Å². The maximum atomic E-state index is 5.63. The molecule has 4 heteroatoms. The quantitative estimate of drug-likeness (QED) is 0.803. The van der Waals surface area contributed by atoms with Crippen LogP contribution in [-0.2, 0) is 6.54 Å². The number of nitrogens with zero attached hydrogens (tertiary/aromatic N) is 3. The number of aryl methyl sites for hydroxylation is 1. The molecule has 1 heterocycles. The molecule has 0 atom stereocenters. The van der Waals surface area contributed by atoms with Crippen molar-refractivity contribution in [2.45, 2.75) is 20.4 Å².